The van der Waals surface area contributed by atoms with Crippen LogP contribution in [0, 0.1) is 6.92 Å². The van der Waals surface area contributed by atoms with Crippen LogP contribution in [0.1, 0.15) is 15.9 Å². The monoisotopic (exact) mass is 471 g/mol. The molecule has 2 aromatic carbocycles. The Labute approximate surface area is 202 Å². The summed E-state index contributed by atoms with van der Waals surface area (Å²) in [6, 6.07) is 17.4. The first-order chi connectivity index (χ1) is 16.7. The molecule has 1 saturated heterocycles. The minimum atomic E-state index is -0.141. The number of amides is 1. The minimum absolute atomic E-state index is 0.141. The van der Waals surface area contributed by atoms with Gasteiger partial charge in [-0.2, -0.15) is 0 Å². The molecule has 0 spiro atoms. The van der Waals surface area contributed by atoms with E-state index in [4.69, 9.17) is 4.74 Å². The first kappa shape index (κ1) is 22.1. The Morgan fingerprint density at radius 1 is 1.09 bits per heavy atom. The standard InChI is InChI=1S/C26H25N5O2S/c1-18-7-8-21(15-23(18)29-26-30-24(17-34-26)20-5-3-9-27-16-20)28-25(32)19-4-2-6-22(14-19)31-10-12-33-13-11-31/h2-9,14-17H,10-13H2,1H3,(H,28,32)(H,29,30). The number of ether oxygens (including phenoxy) is 1. The molecule has 1 fully saturated rings. The van der Waals surface area contributed by atoms with Gasteiger partial charge in [0.2, 0.25) is 0 Å². The number of nitrogens with zero attached hydrogens (tertiary/aromatic N) is 3. The molecule has 3 heterocycles. The maximum atomic E-state index is 13.0. The predicted molar refractivity (Wildman–Crippen MR) is 137 cm³/mol. The average Bonchev–Trinajstić information content (AvgIpc) is 3.36. The molecule has 0 radical (unpaired) electrons. The first-order valence-corrected chi connectivity index (χ1v) is 12.0. The van der Waals surface area contributed by atoms with Crippen LogP contribution in [0.3, 0.4) is 0 Å². The number of nitrogens with one attached hydrogen (secondary N) is 2. The third-order valence-electron chi connectivity index (χ3n) is 5.68. The van der Waals surface area contributed by atoms with Crippen LogP contribution in [-0.2, 0) is 4.74 Å². The fraction of sp³-hybridized carbons (Fsp3) is 0.192. The second-order valence-corrected chi connectivity index (χ2v) is 8.90. The van der Waals surface area contributed by atoms with E-state index in [-0.39, 0.29) is 5.91 Å². The Kier molecular flexibility index (Phi) is 6.51. The smallest absolute Gasteiger partial charge is 0.255 e. The number of morpholine rings is 1. The molecular formula is C26H25N5O2S. The number of aryl methyl sites for hydroxylation is 1. The molecule has 0 unspecified atom stereocenters. The van der Waals surface area contributed by atoms with Crippen molar-refractivity contribution in [2.24, 2.45) is 0 Å². The fourth-order valence-electron chi connectivity index (χ4n) is 3.80. The number of aromatic nitrogens is 2. The average molecular weight is 472 g/mol. The van der Waals surface area contributed by atoms with Gasteiger partial charge in [-0.3, -0.25) is 9.78 Å². The summed E-state index contributed by atoms with van der Waals surface area (Å²) >= 11 is 1.53. The Morgan fingerprint density at radius 3 is 2.79 bits per heavy atom. The third kappa shape index (κ3) is 5.08. The lowest BCUT2D eigenvalue weighted by atomic mass is 10.1. The molecule has 7 nitrogen and oxygen atoms in total. The van der Waals surface area contributed by atoms with Crippen molar-refractivity contribution in [2.45, 2.75) is 6.92 Å². The van der Waals surface area contributed by atoms with Crippen molar-refractivity contribution < 1.29 is 9.53 Å². The predicted octanol–water partition coefficient (Wildman–Crippen LogP) is 5.35. The summed E-state index contributed by atoms with van der Waals surface area (Å²) in [5.41, 5.74) is 6.19. The third-order valence-corrected chi connectivity index (χ3v) is 6.44. The number of benzene rings is 2. The summed E-state index contributed by atoms with van der Waals surface area (Å²) < 4.78 is 5.43. The molecule has 0 bridgehead atoms. The van der Waals surface area contributed by atoms with E-state index < -0.39 is 0 Å². The molecule has 1 aliphatic rings. The Balaban J connectivity index is 1.29. The molecule has 34 heavy (non-hydrogen) atoms. The van der Waals surface area contributed by atoms with Gasteiger partial charge in [0.1, 0.15) is 0 Å². The molecule has 5 rings (SSSR count). The summed E-state index contributed by atoms with van der Waals surface area (Å²) in [6.07, 6.45) is 3.55. The van der Waals surface area contributed by atoms with Crippen LogP contribution < -0.4 is 15.5 Å². The van der Waals surface area contributed by atoms with Crippen LogP contribution in [0.5, 0.6) is 0 Å². The van der Waals surface area contributed by atoms with Gasteiger partial charge in [-0.25, -0.2) is 4.98 Å². The van der Waals surface area contributed by atoms with Crippen LogP contribution in [0.4, 0.5) is 22.2 Å². The molecule has 2 N–H and O–H groups in total. The fourth-order valence-corrected chi connectivity index (χ4v) is 4.53. The lowest BCUT2D eigenvalue weighted by molar-refractivity contribution is 0.102. The highest BCUT2D eigenvalue weighted by atomic mass is 32.1. The van der Waals surface area contributed by atoms with E-state index in [0.717, 1.165) is 52.1 Å². The maximum absolute atomic E-state index is 13.0. The molecule has 1 amide bonds. The lowest BCUT2D eigenvalue weighted by Gasteiger charge is -2.29. The van der Waals surface area contributed by atoms with Crippen molar-refractivity contribution in [2.75, 3.05) is 41.8 Å². The van der Waals surface area contributed by atoms with E-state index in [1.54, 1.807) is 12.4 Å². The number of hydrogen-bond donors (Lipinski definition) is 2. The summed E-state index contributed by atoms with van der Waals surface area (Å²) in [5.74, 6) is -0.141. The Hall–Kier alpha value is -3.75. The normalized spacial score (nSPS) is 13.5. The van der Waals surface area contributed by atoms with Gasteiger partial charge in [-0.1, -0.05) is 12.1 Å². The van der Waals surface area contributed by atoms with E-state index in [1.165, 1.54) is 11.3 Å². The number of carbonyl (C=O) groups excluding carboxylic acids is 1. The highest BCUT2D eigenvalue weighted by Crippen LogP contribution is 2.29. The van der Waals surface area contributed by atoms with Crippen molar-refractivity contribution in [3.05, 3.63) is 83.5 Å². The lowest BCUT2D eigenvalue weighted by Crippen LogP contribution is -2.36. The zero-order chi connectivity index (χ0) is 23.3. The summed E-state index contributed by atoms with van der Waals surface area (Å²) in [6.45, 7) is 5.10. The van der Waals surface area contributed by atoms with Gasteiger partial charge in [0.15, 0.2) is 5.13 Å². The number of rotatable bonds is 6. The number of hydrogen-bond acceptors (Lipinski definition) is 7. The Morgan fingerprint density at radius 2 is 1.97 bits per heavy atom. The summed E-state index contributed by atoms with van der Waals surface area (Å²) in [4.78, 5) is 24.0. The molecule has 4 aromatic rings. The second-order valence-electron chi connectivity index (χ2n) is 8.04. The highest BCUT2D eigenvalue weighted by molar-refractivity contribution is 7.14. The number of thiazole rings is 1. The van der Waals surface area contributed by atoms with Gasteiger partial charge in [0.25, 0.3) is 5.91 Å². The number of carbonyl (C=O) groups is 1. The van der Waals surface area contributed by atoms with Gasteiger partial charge in [0.05, 0.1) is 18.9 Å². The minimum Gasteiger partial charge on any atom is -0.378 e. The molecule has 8 heteroatoms. The molecular weight excluding hydrogens is 446 g/mol. The van der Waals surface area contributed by atoms with Gasteiger partial charge < -0.3 is 20.3 Å². The quantitative estimate of drug-likeness (QED) is 0.395. The molecule has 0 atom stereocenters. The topological polar surface area (TPSA) is 79.4 Å². The zero-order valence-electron chi connectivity index (χ0n) is 18.8. The SMILES string of the molecule is Cc1ccc(NC(=O)c2cccc(N3CCOCC3)c2)cc1Nc1nc(-c2cccnc2)cs1. The van der Waals surface area contributed by atoms with E-state index >= 15 is 0 Å². The van der Waals surface area contributed by atoms with Crippen molar-refractivity contribution in [3.63, 3.8) is 0 Å². The van der Waals surface area contributed by atoms with Crippen molar-refractivity contribution in [1.82, 2.24) is 9.97 Å². The van der Waals surface area contributed by atoms with Crippen LogP contribution in [-0.4, -0.2) is 42.2 Å². The summed E-state index contributed by atoms with van der Waals surface area (Å²) in [5, 5.41) is 9.19. The number of anilines is 4. The van der Waals surface area contributed by atoms with Gasteiger partial charge in [-0.15, -0.1) is 11.3 Å². The van der Waals surface area contributed by atoms with Crippen LogP contribution in [0.25, 0.3) is 11.3 Å². The molecule has 1 aliphatic heterocycles. The molecule has 2 aromatic heterocycles. The molecule has 0 aliphatic carbocycles. The second kappa shape index (κ2) is 10.0. The highest BCUT2D eigenvalue weighted by Gasteiger charge is 2.14. The number of pyridine rings is 1. The van der Waals surface area contributed by atoms with E-state index in [2.05, 4.69) is 25.5 Å². The first-order valence-electron chi connectivity index (χ1n) is 11.1. The largest absolute Gasteiger partial charge is 0.378 e. The molecule has 172 valence electrons. The van der Waals surface area contributed by atoms with E-state index in [9.17, 15) is 4.79 Å². The van der Waals surface area contributed by atoms with Crippen molar-refractivity contribution >= 4 is 39.4 Å². The molecule has 0 saturated carbocycles. The van der Waals surface area contributed by atoms with Gasteiger partial charge >= 0.3 is 0 Å². The zero-order valence-corrected chi connectivity index (χ0v) is 19.6. The maximum Gasteiger partial charge on any atom is 0.255 e. The van der Waals surface area contributed by atoms with Crippen molar-refractivity contribution in [3.8, 4) is 11.3 Å². The Bertz CT molecular complexity index is 1290. The summed E-state index contributed by atoms with van der Waals surface area (Å²) in [7, 11) is 0. The van der Waals surface area contributed by atoms with Gasteiger partial charge in [-0.05, 0) is 55.0 Å². The van der Waals surface area contributed by atoms with Gasteiger partial charge in [0, 0.05) is 59.1 Å². The van der Waals surface area contributed by atoms with Crippen LogP contribution in [0.15, 0.2) is 72.4 Å². The van der Waals surface area contributed by atoms with E-state index in [0.29, 0.717) is 18.8 Å². The van der Waals surface area contributed by atoms with Crippen LogP contribution >= 0.6 is 11.3 Å². The van der Waals surface area contributed by atoms with E-state index in [1.807, 2.05) is 66.9 Å². The van der Waals surface area contributed by atoms with Crippen LogP contribution in [0.2, 0.25) is 0 Å². The van der Waals surface area contributed by atoms with Crippen molar-refractivity contribution in [1.29, 1.82) is 0 Å².